The second kappa shape index (κ2) is 4.55. The summed E-state index contributed by atoms with van der Waals surface area (Å²) in [4.78, 5) is 12.0. The van der Waals surface area contributed by atoms with E-state index in [2.05, 4.69) is 0 Å². The Hall–Kier alpha value is -1.87. The molecule has 0 saturated heterocycles. The number of carbonyl (C=O) groups is 1. The van der Waals surface area contributed by atoms with Crippen LogP contribution in [0.3, 0.4) is 0 Å². The van der Waals surface area contributed by atoms with Crippen LogP contribution in [-0.2, 0) is 0 Å². The predicted octanol–water partition coefficient (Wildman–Crippen LogP) is 3.29. The molecule has 0 heterocycles. The maximum atomic E-state index is 13.5. The smallest absolute Gasteiger partial charge is 0.196 e. The molecule has 2 N–H and O–H groups in total. The Labute approximate surface area is 103 Å². The van der Waals surface area contributed by atoms with Gasteiger partial charge in [-0.3, -0.25) is 4.79 Å². The molecule has 2 nitrogen and oxygen atoms in total. The van der Waals surface area contributed by atoms with Gasteiger partial charge in [0.1, 0.15) is 5.82 Å². The number of anilines is 1. The Balaban J connectivity index is 2.47. The lowest BCUT2D eigenvalue weighted by atomic mass is 10.0. The van der Waals surface area contributed by atoms with Gasteiger partial charge in [0.25, 0.3) is 0 Å². The molecule has 0 atom stereocenters. The summed E-state index contributed by atoms with van der Waals surface area (Å²) in [6.07, 6.45) is 0. The number of nitrogen functional groups attached to an aromatic ring is 1. The van der Waals surface area contributed by atoms with E-state index in [1.54, 1.807) is 18.2 Å². The van der Waals surface area contributed by atoms with Gasteiger partial charge in [0.15, 0.2) is 5.78 Å². The lowest BCUT2D eigenvalue weighted by Crippen LogP contribution is -2.04. The molecular weight excluding hydrogens is 241 g/mol. The van der Waals surface area contributed by atoms with Crippen LogP contribution in [0.25, 0.3) is 0 Å². The highest BCUT2D eigenvalue weighted by Gasteiger charge is 2.14. The van der Waals surface area contributed by atoms with Crippen molar-refractivity contribution < 1.29 is 9.18 Å². The van der Waals surface area contributed by atoms with Gasteiger partial charge in [-0.05, 0) is 30.3 Å². The number of benzene rings is 2. The molecular formula is C13H9ClFNO. The van der Waals surface area contributed by atoms with Gasteiger partial charge in [-0.15, -0.1) is 0 Å². The number of halogens is 2. The molecule has 0 aliphatic carbocycles. The van der Waals surface area contributed by atoms with Crippen molar-refractivity contribution in [3.63, 3.8) is 0 Å². The standard InChI is InChI=1S/C13H9ClFNO/c14-9-4-5-12(15)11(7-9)13(17)8-2-1-3-10(16)6-8/h1-7H,16H2. The van der Waals surface area contributed by atoms with Crippen molar-refractivity contribution in [3.05, 3.63) is 64.4 Å². The number of hydrogen-bond acceptors (Lipinski definition) is 2. The van der Waals surface area contributed by atoms with Gasteiger partial charge in [-0.25, -0.2) is 4.39 Å². The van der Waals surface area contributed by atoms with Crippen molar-refractivity contribution in [3.8, 4) is 0 Å². The zero-order valence-corrected chi connectivity index (χ0v) is 9.54. The summed E-state index contributed by atoms with van der Waals surface area (Å²) in [5, 5.41) is 0.318. The van der Waals surface area contributed by atoms with Gasteiger partial charge in [-0.1, -0.05) is 23.7 Å². The number of ketones is 1. The second-order valence-corrected chi connectivity index (χ2v) is 4.02. The Morgan fingerprint density at radius 3 is 2.65 bits per heavy atom. The largest absolute Gasteiger partial charge is 0.399 e. The maximum absolute atomic E-state index is 13.5. The average molecular weight is 250 g/mol. The summed E-state index contributed by atoms with van der Waals surface area (Å²) in [7, 11) is 0. The topological polar surface area (TPSA) is 43.1 Å². The summed E-state index contributed by atoms with van der Waals surface area (Å²) in [5.74, 6) is -1.03. The van der Waals surface area contributed by atoms with E-state index in [1.807, 2.05) is 0 Å². The van der Waals surface area contributed by atoms with E-state index < -0.39 is 11.6 Å². The van der Waals surface area contributed by atoms with Crippen molar-refractivity contribution in [2.24, 2.45) is 0 Å². The highest BCUT2D eigenvalue weighted by molar-refractivity contribution is 6.31. The second-order valence-electron chi connectivity index (χ2n) is 3.58. The summed E-state index contributed by atoms with van der Waals surface area (Å²) < 4.78 is 13.5. The summed E-state index contributed by atoms with van der Waals surface area (Å²) >= 11 is 5.74. The molecule has 0 aliphatic rings. The lowest BCUT2D eigenvalue weighted by molar-refractivity contribution is 0.103. The van der Waals surface area contributed by atoms with E-state index in [1.165, 1.54) is 24.3 Å². The number of nitrogens with two attached hydrogens (primary N) is 1. The molecule has 0 spiro atoms. The average Bonchev–Trinajstić information content (AvgIpc) is 2.31. The first kappa shape index (κ1) is 11.6. The molecule has 86 valence electrons. The molecule has 0 bridgehead atoms. The fourth-order valence-electron chi connectivity index (χ4n) is 1.51. The molecule has 0 saturated carbocycles. The number of carbonyl (C=O) groups excluding carboxylic acids is 1. The van der Waals surface area contributed by atoms with Crippen LogP contribution in [0.5, 0.6) is 0 Å². The zero-order valence-electron chi connectivity index (χ0n) is 8.78. The van der Waals surface area contributed by atoms with Gasteiger partial charge >= 0.3 is 0 Å². The van der Waals surface area contributed by atoms with Crippen LogP contribution < -0.4 is 5.73 Å². The predicted molar refractivity (Wildman–Crippen MR) is 65.7 cm³/mol. The zero-order chi connectivity index (χ0) is 12.4. The summed E-state index contributed by atoms with van der Waals surface area (Å²) in [6.45, 7) is 0. The Morgan fingerprint density at radius 2 is 1.94 bits per heavy atom. The van der Waals surface area contributed by atoms with Gasteiger partial charge in [0, 0.05) is 16.3 Å². The van der Waals surface area contributed by atoms with Crippen LogP contribution in [0.4, 0.5) is 10.1 Å². The van der Waals surface area contributed by atoms with E-state index in [4.69, 9.17) is 17.3 Å². The molecule has 2 aromatic rings. The lowest BCUT2D eigenvalue weighted by Gasteiger charge is -2.04. The minimum Gasteiger partial charge on any atom is -0.399 e. The maximum Gasteiger partial charge on any atom is 0.196 e. The summed E-state index contributed by atoms with van der Waals surface area (Å²) in [6, 6.07) is 10.3. The quantitative estimate of drug-likeness (QED) is 0.656. The van der Waals surface area contributed by atoms with Crippen molar-refractivity contribution in [2.75, 3.05) is 5.73 Å². The third kappa shape index (κ3) is 2.45. The molecule has 0 fully saturated rings. The first-order valence-corrected chi connectivity index (χ1v) is 5.31. The van der Waals surface area contributed by atoms with Gasteiger partial charge in [-0.2, -0.15) is 0 Å². The third-order valence-corrected chi connectivity index (χ3v) is 2.56. The molecule has 0 aliphatic heterocycles. The van der Waals surface area contributed by atoms with Crippen molar-refractivity contribution >= 4 is 23.1 Å². The van der Waals surface area contributed by atoms with Crippen molar-refractivity contribution in [2.45, 2.75) is 0 Å². The molecule has 0 radical (unpaired) electrons. The van der Waals surface area contributed by atoms with E-state index in [-0.39, 0.29) is 5.56 Å². The van der Waals surface area contributed by atoms with Crippen LogP contribution in [0.15, 0.2) is 42.5 Å². The van der Waals surface area contributed by atoms with Crippen LogP contribution in [0, 0.1) is 5.82 Å². The van der Waals surface area contributed by atoms with Crippen LogP contribution in [0.1, 0.15) is 15.9 Å². The van der Waals surface area contributed by atoms with E-state index in [9.17, 15) is 9.18 Å². The molecule has 0 amide bonds. The molecule has 2 aromatic carbocycles. The van der Waals surface area contributed by atoms with Crippen LogP contribution in [0.2, 0.25) is 5.02 Å². The van der Waals surface area contributed by atoms with Crippen LogP contribution >= 0.6 is 11.6 Å². The number of hydrogen-bond donors (Lipinski definition) is 1. The molecule has 17 heavy (non-hydrogen) atoms. The summed E-state index contributed by atoms with van der Waals surface area (Å²) in [5.41, 5.74) is 6.31. The minimum absolute atomic E-state index is 0.0527. The Kier molecular flexibility index (Phi) is 3.11. The molecule has 0 aromatic heterocycles. The fourth-order valence-corrected chi connectivity index (χ4v) is 1.68. The highest BCUT2D eigenvalue weighted by Crippen LogP contribution is 2.19. The van der Waals surface area contributed by atoms with E-state index in [0.29, 0.717) is 16.3 Å². The minimum atomic E-state index is -0.596. The Bertz CT molecular complexity index is 583. The molecule has 0 unspecified atom stereocenters. The van der Waals surface area contributed by atoms with Crippen LogP contribution in [-0.4, -0.2) is 5.78 Å². The monoisotopic (exact) mass is 249 g/mol. The highest BCUT2D eigenvalue weighted by atomic mass is 35.5. The van der Waals surface area contributed by atoms with Gasteiger partial charge in [0.05, 0.1) is 5.56 Å². The normalized spacial score (nSPS) is 10.2. The molecule has 2 rings (SSSR count). The first-order valence-electron chi connectivity index (χ1n) is 4.93. The van der Waals surface area contributed by atoms with E-state index >= 15 is 0 Å². The van der Waals surface area contributed by atoms with E-state index in [0.717, 1.165) is 0 Å². The van der Waals surface area contributed by atoms with Crippen molar-refractivity contribution in [1.82, 2.24) is 0 Å². The third-order valence-electron chi connectivity index (χ3n) is 2.32. The SMILES string of the molecule is Nc1cccc(C(=O)c2cc(Cl)ccc2F)c1. The fraction of sp³-hybridized carbons (Fsp3) is 0. The number of rotatable bonds is 2. The van der Waals surface area contributed by atoms with Gasteiger partial charge in [0.2, 0.25) is 0 Å². The first-order chi connectivity index (χ1) is 8.08. The van der Waals surface area contributed by atoms with Gasteiger partial charge < -0.3 is 5.73 Å². The van der Waals surface area contributed by atoms with Crippen molar-refractivity contribution in [1.29, 1.82) is 0 Å². The molecule has 4 heteroatoms. The Morgan fingerprint density at radius 1 is 1.18 bits per heavy atom.